The highest BCUT2D eigenvalue weighted by Crippen LogP contribution is 2.19. The third-order valence-electron chi connectivity index (χ3n) is 3.14. The predicted molar refractivity (Wildman–Crippen MR) is 78.5 cm³/mol. The summed E-state index contributed by atoms with van der Waals surface area (Å²) in [5, 5.41) is 20.2. The quantitative estimate of drug-likeness (QED) is 0.667. The number of nitrogens with one attached hydrogen (secondary N) is 2. The lowest BCUT2D eigenvalue weighted by atomic mass is 10.1. The van der Waals surface area contributed by atoms with Crippen LogP contribution >= 0.6 is 0 Å². The molecule has 0 bridgehead atoms. The second kappa shape index (κ2) is 5.74. The van der Waals surface area contributed by atoms with Crippen LogP contribution in [0.1, 0.15) is 41.4 Å². The molecule has 2 aromatic rings. The number of carbonyl (C=O) groups is 1. The van der Waals surface area contributed by atoms with Gasteiger partial charge in [0.25, 0.3) is 11.6 Å². The van der Waals surface area contributed by atoms with Crippen LogP contribution in [0.25, 0.3) is 0 Å². The minimum Gasteiger partial charge on any atom is -0.305 e. The SMILES string of the molecule is Cc1ccc([N+](=O)[O-])cc1C(=O)Nc1cc(C(C)C)[nH]n1. The number of nitro groups is 1. The molecule has 0 aliphatic heterocycles. The Balaban J connectivity index is 2.23. The summed E-state index contributed by atoms with van der Waals surface area (Å²) >= 11 is 0. The summed E-state index contributed by atoms with van der Waals surface area (Å²) in [7, 11) is 0. The van der Waals surface area contributed by atoms with Gasteiger partial charge in [0.1, 0.15) is 0 Å². The highest BCUT2D eigenvalue weighted by Gasteiger charge is 2.16. The second-order valence-corrected chi connectivity index (χ2v) is 5.07. The first-order valence-corrected chi connectivity index (χ1v) is 6.50. The summed E-state index contributed by atoms with van der Waals surface area (Å²) in [5.74, 6) is 0.246. The molecule has 0 spiro atoms. The summed E-state index contributed by atoms with van der Waals surface area (Å²) in [4.78, 5) is 22.5. The summed E-state index contributed by atoms with van der Waals surface area (Å²) in [6.07, 6.45) is 0. The fourth-order valence-electron chi connectivity index (χ4n) is 1.85. The molecule has 0 radical (unpaired) electrons. The Morgan fingerprint density at radius 1 is 1.38 bits per heavy atom. The highest BCUT2D eigenvalue weighted by atomic mass is 16.6. The Kier molecular flexibility index (Phi) is 4.02. The van der Waals surface area contributed by atoms with E-state index in [9.17, 15) is 14.9 Å². The van der Waals surface area contributed by atoms with Crippen LogP contribution in [0.2, 0.25) is 0 Å². The summed E-state index contributed by atoms with van der Waals surface area (Å²) in [5.41, 5.74) is 1.72. The van der Waals surface area contributed by atoms with E-state index in [0.29, 0.717) is 11.4 Å². The zero-order valence-electron chi connectivity index (χ0n) is 12.0. The lowest BCUT2D eigenvalue weighted by molar-refractivity contribution is -0.384. The number of benzene rings is 1. The second-order valence-electron chi connectivity index (χ2n) is 5.07. The number of aryl methyl sites for hydroxylation is 1. The first-order chi connectivity index (χ1) is 9.88. The van der Waals surface area contributed by atoms with E-state index in [4.69, 9.17) is 0 Å². The van der Waals surface area contributed by atoms with Crippen LogP contribution in [0, 0.1) is 17.0 Å². The molecule has 1 heterocycles. The van der Waals surface area contributed by atoms with Crippen LogP contribution in [0.5, 0.6) is 0 Å². The van der Waals surface area contributed by atoms with Crippen LogP contribution in [-0.2, 0) is 0 Å². The third kappa shape index (κ3) is 3.25. The van der Waals surface area contributed by atoms with E-state index in [1.54, 1.807) is 19.1 Å². The number of carbonyl (C=O) groups excluding carboxylic acids is 1. The third-order valence-corrected chi connectivity index (χ3v) is 3.14. The van der Waals surface area contributed by atoms with Gasteiger partial charge < -0.3 is 5.32 Å². The topological polar surface area (TPSA) is 101 Å². The Morgan fingerprint density at radius 3 is 2.67 bits per heavy atom. The molecular weight excluding hydrogens is 272 g/mol. The van der Waals surface area contributed by atoms with Crippen molar-refractivity contribution in [2.24, 2.45) is 0 Å². The molecule has 0 unspecified atom stereocenters. The average molecular weight is 288 g/mol. The molecule has 0 fully saturated rings. The van der Waals surface area contributed by atoms with Crippen LogP contribution < -0.4 is 5.32 Å². The van der Waals surface area contributed by atoms with Crippen molar-refractivity contribution in [3.05, 3.63) is 51.2 Å². The lowest BCUT2D eigenvalue weighted by Crippen LogP contribution is -2.14. The van der Waals surface area contributed by atoms with Crippen molar-refractivity contribution in [1.29, 1.82) is 0 Å². The summed E-state index contributed by atoms with van der Waals surface area (Å²) in [6, 6.07) is 5.94. The van der Waals surface area contributed by atoms with Gasteiger partial charge in [-0.2, -0.15) is 5.10 Å². The summed E-state index contributed by atoms with van der Waals surface area (Å²) in [6.45, 7) is 5.73. The first kappa shape index (κ1) is 14.7. The normalized spacial score (nSPS) is 10.7. The molecular formula is C14H16N4O3. The van der Waals surface area contributed by atoms with Gasteiger partial charge in [0.15, 0.2) is 5.82 Å². The molecule has 2 N–H and O–H groups in total. The Morgan fingerprint density at radius 2 is 2.10 bits per heavy atom. The fraction of sp³-hybridized carbons (Fsp3) is 0.286. The van der Waals surface area contributed by atoms with Gasteiger partial charge in [-0.05, 0) is 18.4 Å². The number of anilines is 1. The number of hydrogen-bond acceptors (Lipinski definition) is 4. The van der Waals surface area contributed by atoms with Gasteiger partial charge >= 0.3 is 0 Å². The van der Waals surface area contributed by atoms with Gasteiger partial charge in [-0.1, -0.05) is 19.9 Å². The number of aromatic amines is 1. The molecule has 0 aliphatic rings. The fourth-order valence-corrected chi connectivity index (χ4v) is 1.85. The van der Waals surface area contributed by atoms with Gasteiger partial charge in [0, 0.05) is 29.5 Å². The minimum atomic E-state index is -0.526. The van der Waals surface area contributed by atoms with Crippen molar-refractivity contribution >= 4 is 17.4 Å². The molecule has 1 aromatic heterocycles. The van der Waals surface area contributed by atoms with Crippen LogP contribution in [-0.4, -0.2) is 21.0 Å². The van der Waals surface area contributed by atoms with Crippen LogP contribution in [0.4, 0.5) is 11.5 Å². The molecule has 0 saturated heterocycles. The number of nitro benzene ring substituents is 1. The van der Waals surface area contributed by atoms with Gasteiger partial charge in [-0.3, -0.25) is 20.0 Å². The number of aromatic nitrogens is 2. The number of rotatable bonds is 4. The smallest absolute Gasteiger partial charge is 0.270 e. The predicted octanol–water partition coefficient (Wildman–Crippen LogP) is 3.00. The number of non-ortho nitro benzene ring substituents is 1. The Bertz CT molecular complexity index is 691. The van der Waals surface area contributed by atoms with E-state index >= 15 is 0 Å². The maximum Gasteiger partial charge on any atom is 0.270 e. The van der Waals surface area contributed by atoms with Gasteiger partial charge in [-0.15, -0.1) is 0 Å². The van der Waals surface area contributed by atoms with Crippen molar-refractivity contribution in [2.45, 2.75) is 26.7 Å². The molecule has 7 heteroatoms. The number of H-pyrrole nitrogens is 1. The number of hydrogen-bond donors (Lipinski definition) is 2. The van der Waals surface area contributed by atoms with Crippen molar-refractivity contribution in [3.8, 4) is 0 Å². The Labute approximate surface area is 121 Å². The van der Waals surface area contributed by atoms with Crippen molar-refractivity contribution < 1.29 is 9.72 Å². The maximum absolute atomic E-state index is 12.2. The number of nitrogens with zero attached hydrogens (tertiary/aromatic N) is 2. The molecule has 0 atom stereocenters. The molecule has 1 amide bonds. The zero-order valence-corrected chi connectivity index (χ0v) is 12.0. The van der Waals surface area contributed by atoms with E-state index < -0.39 is 10.8 Å². The largest absolute Gasteiger partial charge is 0.305 e. The van der Waals surface area contributed by atoms with E-state index in [1.807, 2.05) is 13.8 Å². The minimum absolute atomic E-state index is 0.115. The van der Waals surface area contributed by atoms with E-state index in [0.717, 1.165) is 5.69 Å². The average Bonchev–Trinajstić information content (AvgIpc) is 2.87. The zero-order chi connectivity index (χ0) is 15.6. The Hall–Kier alpha value is -2.70. The van der Waals surface area contributed by atoms with Crippen LogP contribution in [0.15, 0.2) is 24.3 Å². The highest BCUT2D eigenvalue weighted by molar-refractivity contribution is 6.05. The molecule has 2 rings (SSSR count). The van der Waals surface area contributed by atoms with Gasteiger partial charge in [0.2, 0.25) is 0 Å². The molecule has 0 saturated carbocycles. The van der Waals surface area contributed by atoms with Crippen LogP contribution in [0.3, 0.4) is 0 Å². The van der Waals surface area contributed by atoms with Crippen molar-refractivity contribution in [1.82, 2.24) is 10.2 Å². The maximum atomic E-state index is 12.2. The molecule has 0 aliphatic carbocycles. The standard InChI is InChI=1S/C14H16N4O3/c1-8(2)12-7-13(17-16-12)15-14(19)11-6-10(18(20)21)5-4-9(11)3/h4-8H,1-3H3,(H2,15,16,17,19). The van der Waals surface area contributed by atoms with Crippen molar-refractivity contribution in [2.75, 3.05) is 5.32 Å². The van der Waals surface area contributed by atoms with Gasteiger partial charge in [0.05, 0.1) is 4.92 Å². The summed E-state index contributed by atoms with van der Waals surface area (Å²) < 4.78 is 0. The molecule has 21 heavy (non-hydrogen) atoms. The number of amides is 1. The first-order valence-electron chi connectivity index (χ1n) is 6.50. The van der Waals surface area contributed by atoms with Gasteiger partial charge in [-0.25, -0.2) is 0 Å². The van der Waals surface area contributed by atoms with E-state index in [1.165, 1.54) is 12.1 Å². The molecule has 1 aromatic carbocycles. The van der Waals surface area contributed by atoms with E-state index in [-0.39, 0.29) is 17.2 Å². The molecule has 110 valence electrons. The lowest BCUT2D eigenvalue weighted by Gasteiger charge is -2.05. The monoisotopic (exact) mass is 288 g/mol. The van der Waals surface area contributed by atoms with E-state index in [2.05, 4.69) is 15.5 Å². The molecule has 7 nitrogen and oxygen atoms in total. The van der Waals surface area contributed by atoms with Crippen molar-refractivity contribution in [3.63, 3.8) is 0 Å².